The Balaban J connectivity index is 1.63. The molecular weight excluding hydrogens is 340 g/mol. The normalized spacial score (nSPS) is 16.2. The van der Waals surface area contributed by atoms with E-state index in [1.54, 1.807) is 0 Å². The minimum Gasteiger partial charge on any atom is -0.466 e. The molecule has 0 aliphatic carbocycles. The number of rotatable bonds is 5. The summed E-state index contributed by atoms with van der Waals surface area (Å²) in [7, 11) is 1.96. The quantitative estimate of drug-likeness (QED) is 0.759. The van der Waals surface area contributed by atoms with Crippen LogP contribution in [0.3, 0.4) is 0 Å². The summed E-state index contributed by atoms with van der Waals surface area (Å²) >= 11 is 0. The highest BCUT2D eigenvalue weighted by molar-refractivity contribution is 5.89. The Morgan fingerprint density at radius 3 is 2.48 bits per heavy atom. The largest absolute Gasteiger partial charge is 0.466 e. The van der Waals surface area contributed by atoms with Crippen LogP contribution in [0.15, 0.2) is 42.5 Å². The fraction of sp³-hybridized carbons (Fsp3) is 0.455. The van der Waals surface area contributed by atoms with Crippen LogP contribution in [-0.4, -0.2) is 49.6 Å². The predicted octanol–water partition coefficient (Wildman–Crippen LogP) is 3.47. The lowest BCUT2D eigenvalue weighted by molar-refractivity contribution is -0.151. The SMILES string of the molecule is CCOC(=O)C1CCN(C(=O)[C@@H](C)N(C)c2ccc3ccccc3c2)CC1. The van der Waals surface area contributed by atoms with Crippen LogP contribution in [0.25, 0.3) is 10.8 Å². The number of benzene rings is 2. The van der Waals surface area contributed by atoms with Crippen molar-refractivity contribution in [3.8, 4) is 0 Å². The molecular formula is C22H28N2O3. The smallest absolute Gasteiger partial charge is 0.309 e. The average molecular weight is 368 g/mol. The van der Waals surface area contributed by atoms with Crippen molar-refractivity contribution < 1.29 is 14.3 Å². The number of likely N-dealkylation sites (N-methyl/N-ethyl adjacent to an activating group) is 1. The van der Waals surface area contributed by atoms with Gasteiger partial charge in [-0.25, -0.2) is 0 Å². The lowest BCUT2D eigenvalue weighted by atomic mass is 9.96. The van der Waals surface area contributed by atoms with Gasteiger partial charge in [-0.3, -0.25) is 9.59 Å². The lowest BCUT2D eigenvalue weighted by Gasteiger charge is -2.35. The van der Waals surface area contributed by atoms with E-state index in [0.717, 1.165) is 11.1 Å². The third-order valence-corrected chi connectivity index (χ3v) is 5.51. The van der Waals surface area contributed by atoms with E-state index in [0.29, 0.717) is 32.5 Å². The fourth-order valence-corrected chi connectivity index (χ4v) is 3.65. The summed E-state index contributed by atoms with van der Waals surface area (Å²) < 4.78 is 5.11. The number of hydrogen-bond acceptors (Lipinski definition) is 4. The molecule has 0 aromatic heterocycles. The first-order valence-electron chi connectivity index (χ1n) is 9.68. The van der Waals surface area contributed by atoms with Gasteiger partial charge in [0.1, 0.15) is 6.04 Å². The summed E-state index contributed by atoms with van der Waals surface area (Å²) in [5.41, 5.74) is 1.02. The Labute approximate surface area is 160 Å². The molecule has 144 valence electrons. The molecule has 0 unspecified atom stereocenters. The molecule has 0 radical (unpaired) electrons. The van der Waals surface area contributed by atoms with Gasteiger partial charge in [0.25, 0.3) is 0 Å². The van der Waals surface area contributed by atoms with Crippen molar-refractivity contribution in [1.82, 2.24) is 4.90 Å². The summed E-state index contributed by atoms with van der Waals surface area (Å²) in [5.74, 6) is -0.110. The molecule has 1 saturated heterocycles. The number of fused-ring (bicyclic) bond motifs is 1. The molecule has 5 heteroatoms. The summed E-state index contributed by atoms with van der Waals surface area (Å²) in [6.07, 6.45) is 1.36. The molecule has 1 amide bonds. The van der Waals surface area contributed by atoms with Gasteiger partial charge in [-0.05, 0) is 49.6 Å². The number of carbonyl (C=O) groups is 2. The number of carbonyl (C=O) groups excluding carboxylic acids is 2. The molecule has 0 saturated carbocycles. The van der Waals surface area contributed by atoms with Crippen molar-refractivity contribution in [3.05, 3.63) is 42.5 Å². The monoisotopic (exact) mass is 368 g/mol. The zero-order chi connectivity index (χ0) is 19.4. The molecule has 5 nitrogen and oxygen atoms in total. The summed E-state index contributed by atoms with van der Waals surface area (Å²) in [6.45, 7) is 5.39. The fourth-order valence-electron chi connectivity index (χ4n) is 3.65. The number of amides is 1. The molecule has 1 atom stereocenters. The number of likely N-dealkylation sites (tertiary alicyclic amines) is 1. The highest BCUT2D eigenvalue weighted by Crippen LogP contribution is 2.24. The number of nitrogens with zero attached hydrogens (tertiary/aromatic N) is 2. The standard InChI is InChI=1S/C22H28N2O3/c1-4-27-22(26)18-11-13-24(14-12-18)21(25)16(2)23(3)20-10-9-17-7-5-6-8-19(17)15-20/h5-10,15-16,18H,4,11-14H2,1-3H3/t16-/m1/s1. The molecule has 2 aromatic rings. The van der Waals surface area contributed by atoms with Crippen LogP contribution in [0, 0.1) is 5.92 Å². The molecule has 27 heavy (non-hydrogen) atoms. The first-order valence-corrected chi connectivity index (χ1v) is 9.68. The number of esters is 1. The van der Waals surface area contributed by atoms with E-state index in [4.69, 9.17) is 4.74 Å². The number of hydrogen-bond donors (Lipinski definition) is 0. The minimum atomic E-state index is -0.259. The van der Waals surface area contributed by atoms with E-state index in [-0.39, 0.29) is 23.8 Å². The first-order chi connectivity index (χ1) is 13.0. The number of ether oxygens (including phenoxy) is 1. The molecule has 3 rings (SSSR count). The molecule has 2 aromatic carbocycles. The van der Waals surface area contributed by atoms with Crippen LogP contribution in [0.4, 0.5) is 5.69 Å². The molecule has 1 aliphatic heterocycles. The average Bonchev–Trinajstić information content (AvgIpc) is 2.72. The maximum atomic E-state index is 12.9. The van der Waals surface area contributed by atoms with Gasteiger partial charge in [0.05, 0.1) is 12.5 Å². The van der Waals surface area contributed by atoms with Crippen molar-refractivity contribution in [2.75, 3.05) is 31.6 Å². The highest BCUT2D eigenvalue weighted by Gasteiger charge is 2.31. The van der Waals surface area contributed by atoms with Crippen LogP contribution in [-0.2, 0) is 14.3 Å². The Hall–Kier alpha value is -2.56. The molecule has 0 N–H and O–H groups in total. The van der Waals surface area contributed by atoms with Crippen molar-refractivity contribution >= 4 is 28.3 Å². The molecule has 1 fully saturated rings. The van der Waals surface area contributed by atoms with E-state index in [9.17, 15) is 9.59 Å². The zero-order valence-electron chi connectivity index (χ0n) is 16.4. The van der Waals surface area contributed by atoms with Crippen LogP contribution >= 0.6 is 0 Å². The molecule has 0 bridgehead atoms. The Morgan fingerprint density at radius 1 is 1.15 bits per heavy atom. The van der Waals surface area contributed by atoms with E-state index in [2.05, 4.69) is 30.3 Å². The second-order valence-electron chi connectivity index (χ2n) is 7.17. The van der Waals surface area contributed by atoms with Gasteiger partial charge in [0.15, 0.2) is 0 Å². The minimum absolute atomic E-state index is 0.0810. The van der Waals surface area contributed by atoms with E-state index in [1.165, 1.54) is 5.39 Å². The van der Waals surface area contributed by atoms with Gasteiger partial charge < -0.3 is 14.5 Å². The van der Waals surface area contributed by atoms with Gasteiger partial charge in [-0.1, -0.05) is 30.3 Å². The van der Waals surface area contributed by atoms with Crippen LogP contribution in [0.2, 0.25) is 0 Å². The summed E-state index contributed by atoms with van der Waals surface area (Å²) in [5, 5.41) is 2.35. The second-order valence-corrected chi connectivity index (χ2v) is 7.17. The molecule has 1 aliphatic rings. The van der Waals surface area contributed by atoms with E-state index >= 15 is 0 Å². The van der Waals surface area contributed by atoms with Crippen LogP contribution in [0.1, 0.15) is 26.7 Å². The molecule has 0 spiro atoms. The van der Waals surface area contributed by atoms with Crippen LogP contribution in [0.5, 0.6) is 0 Å². The van der Waals surface area contributed by atoms with Crippen molar-refractivity contribution in [3.63, 3.8) is 0 Å². The zero-order valence-corrected chi connectivity index (χ0v) is 16.4. The van der Waals surface area contributed by atoms with Gasteiger partial charge in [0.2, 0.25) is 5.91 Å². The maximum Gasteiger partial charge on any atom is 0.309 e. The molecule has 1 heterocycles. The summed E-state index contributed by atoms with van der Waals surface area (Å²) in [4.78, 5) is 28.7. The van der Waals surface area contributed by atoms with E-state index in [1.807, 2.05) is 42.8 Å². The third kappa shape index (κ3) is 4.24. The number of anilines is 1. The highest BCUT2D eigenvalue weighted by atomic mass is 16.5. The Bertz CT molecular complexity index is 812. The topological polar surface area (TPSA) is 49.9 Å². The maximum absolute atomic E-state index is 12.9. The van der Waals surface area contributed by atoms with Gasteiger partial charge >= 0.3 is 5.97 Å². The predicted molar refractivity (Wildman–Crippen MR) is 108 cm³/mol. The second kappa shape index (κ2) is 8.42. The van der Waals surface area contributed by atoms with Crippen molar-refractivity contribution in [1.29, 1.82) is 0 Å². The number of piperidine rings is 1. The summed E-state index contributed by atoms with van der Waals surface area (Å²) in [6, 6.07) is 14.2. The Kier molecular flexibility index (Phi) is 5.99. The van der Waals surface area contributed by atoms with E-state index < -0.39 is 0 Å². The Morgan fingerprint density at radius 2 is 1.81 bits per heavy atom. The van der Waals surface area contributed by atoms with Crippen molar-refractivity contribution in [2.24, 2.45) is 5.92 Å². The first kappa shape index (κ1) is 19.2. The third-order valence-electron chi connectivity index (χ3n) is 5.51. The van der Waals surface area contributed by atoms with Gasteiger partial charge in [-0.15, -0.1) is 0 Å². The van der Waals surface area contributed by atoms with Crippen LogP contribution < -0.4 is 4.90 Å². The van der Waals surface area contributed by atoms with Gasteiger partial charge in [-0.2, -0.15) is 0 Å². The van der Waals surface area contributed by atoms with Gasteiger partial charge in [0, 0.05) is 25.8 Å². The lowest BCUT2D eigenvalue weighted by Crippen LogP contribution is -2.49. The van der Waals surface area contributed by atoms with Crippen molar-refractivity contribution in [2.45, 2.75) is 32.7 Å².